The molecule has 0 radical (unpaired) electrons. The molecule has 22 heavy (non-hydrogen) atoms. The van der Waals surface area contributed by atoms with Crippen LogP contribution in [0.2, 0.25) is 5.02 Å². The molecule has 5 heteroatoms. The van der Waals surface area contributed by atoms with Crippen molar-refractivity contribution in [2.45, 2.75) is 20.0 Å². The highest BCUT2D eigenvalue weighted by molar-refractivity contribution is 6.31. The van der Waals surface area contributed by atoms with E-state index in [2.05, 4.69) is 4.98 Å². The van der Waals surface area contributed by atoms with Crippen molar-refractivity contribution in [3.05, 3.63) is 64.6 Å². The third kappa shape index (κ3) is 2.51. The molecule has 112 valence electrons. The standard InChI is InChI=1S/C17H16ClN3O/c1-10-5-6-20-14(7-10)17(22)16-9-12-8-13(18)3-4-15(12)21(16)11(2)19/h3-9,11H,19H2,1-2H3. The van der Waals surface area contributed by atoms with Gasteiger partial charge in [-0.05, 0) is 55.8 Å². The second kappa shape index (κ2) is 5.55. The van der Waals surface area contributed by atoms with Gasteiger partial charge in [0.15, 0.2) is 0 Å². The monoisotopic (exact) mass is 313 g/mol. The highest BCUT2D eigenvalue weighted by Crippen LogP contribution is 2.26. The van der Waals surface area contributed by atoms with Crippen LogP contribution in [0.25, 0.3) is 10.9 Å². The number of aromatic nitrogens is 2. The molecule has 0 amide bonds. The summed E-state index contributed by atoms with van der Waals surface area (Å²) < 4.78 is 1.82. The molecule has 0 spiro atoms. The fraction of sp³-hybridized carbons (Fsp3) is 0.176. The Morgan fingerprint density at radius 2 is 2.05 bits per heavy atom. The van der Waals surface area contributed by atoms with Gasteiger partial charge >= 0.3 is 0 Å². The third-order valence-corrected chi connectivity index (χ3v) is 3.82. The fourth-order valence-corrected chi connectivity index (χ4v) is 2.79. The Labute approximate surface area is 133 Å². The molecule has 2 N–H and O–H groups in total. The van der Waals surface area contributed by atoms with Crippen LogP contribution in [0.1, 0.15) is 34.8 Å². The first-order chi connectivity index (χ1) is 10.5. The molecule has 2 aromatic heterocycles. The van der Waals surface area contributed by atoms with Gasteiger partial charge in [0.05, 0.1) is 17.4 Å². The molecule has 0 bridgehead atoms. The van der Waals surface area contributed by atoms with E-state index >= 15 is 0 Å². The number of halogens is 1. The Balaban J connectivity index is 2.21. The third-order valence-electron chi connectivity index (χ3n) is 3.59. The summed E-state index contributed by atoms with van der Waals surface area (Å²) in [4.78, 5) is 17.0. The molecule has 0 saturated heterocycles. The number of fused-ring (bicyclic) bond motifs is 1. The van der Waals surface area contributed by atoms with E-state index in [1.807, 2.05) is 42.7 Å². The molecular weight excluding hydrogens is 298 g/mol. The summed E-state index contributed by atoms with van der Waals surface area (Å²) >= 11 is 6.04. The van der Waals surface area contributed by atoms with Crippen molar-refractivity contribution in [3.63, 3.8) is 0 Å². The Morgan fingerprint density at radius 3 is 2.73 bits per heavy atom. The van der Waals surface area contributed by atoms with Gasteiger partial charge in [-0.15, -0.1) is 0 Å². The second-order valence-corrected chi connectivity index (χ2v) is 5.83. The summed E-state index contributed by atoms with van der Waals surface area (Å²) in [6.07, 6.45) is 1.31. The molecule has 0 aliphatic rings. The van der Waals surface area contributed by atoms with Crippen LogP contribution in [-0.4, -0.2) is 15.3 Å². The van der Waals surface area contributed by atoms with Crippen molar-refractivity contribution >= 4 is 28.3 Å². The van der Waals surface area contributed by atoms with E-state index in [0.717, 1.165) is 16.5 Å². The molecule has 4 nitrogen and oxygen atoms in total. The van der Waals surface area contributed by atoms with Crippen LogP contribution in [0.15, 0.2) is 42.6 Å². The molecule has 3 rings (SSSR count). The minimum Gasteiger partial charge on any atom is -0.322 e. The van der Waals surface area contributed by atoms with Gasteiger partial charge in [-0.25, -0.2) is 0 Å². The minimum absolute atomic E-state index is 0.145. The zero-order valence-electron chi connectivity index (χ0n) is 12.4. The number of nitrogens with zero attached hydrogens (tertiary/aromatic N) is 2. The van der Waals surface area contributed by atoms with Gasteiger partial charge in [0.25, 0.3) is 0 Å². The molecule has 1 unspecified atom stereocenters. The normalized spacial score (nSPS) is 12.5. The van der Waals surface area contributed by atoms with Crippen LogP contribution in [0.4, 0.5) is 0 Å². The Morgan fingerprint density at radius 1 is 1.27 bits per heavy atom. The highest BCUT2D eigenvalue weighted by Gasteiger charge is 2.20. The molecule has 1 atom stereocenters. The fourth-order valence-electron chi connectivity index (χ4n) is 2.61. The first-order valence-electron chi connectivity index (χ1n) is 7.01. The van der Waals surface area contributed by atoms with Crippen molar-refractivity contribution < 1.29 is 4.79 Å². The summed E-state index contributed by atoms with van der Waals surface area (Å²) in [7, 11) is 0. The molecule has 0 fully saturated rings. The lowest BCUT2D eigenvalue weighted by Gasteiger charge is -2.14. The summed E-state index contributed by atoms with van der Waals surface area (Å²) in [5, 5.41) is 1.52. The average molecular weight is 314 g/mol. The lowest BCUT2D eigenvalue weighted by molar-refractivity contribution is 0.102. The second-order valence-electron chi connectivity index (χ2n) is 5.39. The van der Waals surface area contributed by atoms with E-state index in [9.17, 15) is 4.79 Å². The number of carbonyl (C=O) groups excluding carboxylic acids is 1. The van der Waals surface area contributed by atoms with Crippen molar-refractivity contribution in [1.82, 2.24) is 9.55 Å². The lowest BCUT2D eigenvalue weighted by atomic mass is 10.1. The number of hydrogen-bond acceptors (Lipinski definition) is 3. The van der Waals surface area contributed by atoms with E-state index in [0.29, 0.717) is 16.4 Å². The molecule has 3 aromatic rings. The predicted molar refractivity (Wildman–Crippen MR) is 88.3 cm³/mol. The quantitative estimate of drug-likeness (QED) is 0.750. The van der Waals surface area contributed by atoms with Crippen molar-refractivity contribution in [2.75, 3.05) is 0 Å². The Kier molecular flexibility index (Phi) is 3.72. The molecule has 2 heterocycles. The van der Waals surface area contributed by atoms with Gasteiger partial charge in [0, 0.05) is 16.6 Å². The van der Waals surface area contributed by atoms with Gasteiger partial charge in [0.2, 0.25) is 5.78 Å². The first-order valence-corrected chi connectivity index (χ1v) is 7.38. The van der Waals surface area contributed by atoms with Crippen LogP contribution in [0, 0.1) is 6.92 Å². The maximum Gasteiger partial charge on any atom is 0.227 e. The number of carbonyl (C=O) groups is 1. The number of rotatable bonds is 3. The van der Waals surface area contributed by atoms with E-state index < -0.39 is 0 Å². The summed E-state index contributed by atoms with van der Waals surface area (Å²) in [5.41, 5.74) is 8.87. The van der Waals surface area contributed by atoms with E-state index in [-0.39, 0.29) is 11.9 Å². The maximum atomic E-state index is 12.8. The largest absolute Gasteiger partial charge is 0.322 e. The average Bonchev–Trinajstić information content (AvgIpc) is 2.84. The van der Waals surface area contributed by atoms with Gasteiger partial charge in [-0.1, -0.05) is 11.6 Å². The SMILES string of the molecule is Cc1ccnc(C(=O)c2cc3cc(Cl)ccc3n2C(C)N)c1. The molecule has 0 saturated carbocycles. The zero-order valence-corrected chi connectivity index (χ0v) is 13.1. The van der Waals surface area contributed by atoms with E-state index in [4.69, 9.17) is 17.3 Å². The minimum atomic E-state index is -0.331. The highest BCUT2D eigenvalue weighted by atomic mass is 35.5. The molecule has 0 aliphatic heterocycles. The van der Waals surface area contributed by atoms with Crippen LogP contribution in [0.3, 0.4) is 0 Å². The van der Waals surface area contributed by atoms with Crippen molar-refractivity contribution in [1.29, 1.82) is 0 Å². The Hall–Kier alpha value is -2.17. The molecule has 0 aliphatic carbocycles. The van der Waals surface area contributed by atoms with Crippen molar-refractivity contribution in [3.8, 4) is 0 Å². The first kappa shape index (κ1) is 14.8. The van der Waals surface area contributed by atoms with Crippen LogP contribution >= 0.6 is 11.6 Å². The number of benzene rings is 1. The summed E-state index contributed by atoms with van der Waals surface area (Å²) in [6, 6.07) is 11.0. The molecular formula is C17H16ClN3O. The smallest absolute Gasteiger partial charge is 0.227 e. The maximum absolute atomic E-state index is 12.8. The summed E-state index contributed by atoms with van der Waals surface area (Å²) in [6.45, 7) is 3.77. The van der Waals surface area contributed by atoms with Gasteiger partial charge < -0.3 is 10.3 Å². The van der Waals surface area contributed by atoms with E-state index in [1.54, 1.807) is 18.3 Å². The van der Waals surface area contributed by atoms with Crippen LogP contribution in [0.5, 0.6) is 0 Å². The predicted octanol–water partition coefficient (Wildman–Crippen LogP) is 3.71. The topological polar surface area (TPSA) is 60.9 Å². The summed E-state index contributed by atoms with van der Waals surface area (Å²) in [5.74, 6) is -0.145. The van der Waals surface area contributed by atoms with Gasteiger partial charge in [-0.3, -0.25) is 9.78 Å². The number of aryl methyl sites for hydroxylation is 1. The zero-order chi connectivity index (χ0) is 15.9. The van der Waals surface area contributed by atoms with Gasteiger partial charge in [-0.2, -0.15) is 0 Å². The number of ketones is 1. The lowest BCUT2D eigenvalue weighted by Crippen LogP contribution is -2.20. The Bertz CT molecular complexity index is 867. The van der Waals surface area contributed by atoms with Gasteiger partial charge in [0.1, 0.15) is 5.69 Å². The number of nitrogens with two attached hydrogens (primary N) is 1. The van der Waals surface area contributed by atoms with E-state index in [1.165, 1.54) is 0 Å². The number of pyridine rings is 1. The van der Waals surface area contributed by atoms with Crippen LogP contribution in [-0.2, 0) is 0 Å². The van der Waals surface area contributed by atoms with Crippen molar-refractivity contribution in [2.24, 2.45) is 5.73 Å². The van der Waals surface area contributed by atoms with Crippen LogP contribution < -0.4 is 5.73 Å². The molecule has 1 aromatic carbocycles. The number of hydrogen-bond donors (Lipinski definition) is 1.